The molecule has 0 radical (unpaired) electrons. The van der Waals surface area contributed by atoms with Crippen molar-refractivity contribution in [2.75, 3.05) is 18.5 Å². The number of hydrogen-bond donors (Lipinski definition) is 2. The van der Waals surface area contributed by atoms with Crippen molar-refractivity contribution in [2.45, 2.75) is 32.8 Å². The minimum absolute atomic E-state index is 0.213. The van der Waals surface area contributed by atoms with E-state index >= 15 is 0 Å². The van der Waals surface area contributed by atoms with Crippen LogP contribution in [0, 0.1) is 0 Å². The molecule has 0 aliphatic carbocycles. The summed E-state index contributed by atoms with van der Waals surface area (Å²) >= 11 is 0. The molecule has 1 atom stereocenters. The molecule has 0 aliphatic rings. The van der Waals surface area contributed by atoms with E-state index in [1.165, 1.54) is 0 Å². The first-order valence-electron chi connectivity index (χ1n) is 6.32. The van der Waals surface area contributed by atoms with Gasteiger partial charge < -0.3 is 15.2 Å². The SMILES string of the molecule is CCCCNc1c(C=O)cccc1OCC(C)O. The van der Waals surface area contributed by atoms with Gasteiger partial charge in [-0.15, -0.1) is 0 Å². The van der Waals surface area contributed by atoms with E-state index in [9.17, 15) is 9.90 Å². The Hall–Kier alpha value is -1.55. The molecule has 4 heteroatoms. The molecule has 4 nitrogen and oxygen atoms in total. The Morgan fingerprint density at radius 1 is 1.50 bits per heavy atom. The lowest BCUT2D eigenvalue weighted by molar-refractivity contribution is 0.112. The molecule has 18 heavy (non-hydrogen) atoms. The first-order chi connectivity index (χ1) is 8.69. The fourth-order valence-electron chi connectivity index (χ4n) is 1.56. The normalized spacial score (nSPS) is 11.9. The summed E-state index contributed by atoms with van der Waals surface area (Å²) in [6.07, 6.45) is 2.39. The number of benzene rings is 1. The van der Waals surface area contributed by atoms with Crippen LogP contribution in [0.25, 0.3) is 0 Å². The topological polar surface area (TPSA) is 58.6 Å². The zero-order valence-corrected chi connectivity index (χ0v) is 11.0. The second-order valence-corrected chi connectivity index (χ2v) is 4.28. The molecule has 100 valence electrons. The highest BCUT2D eigenvalue weighted by atomic mass is 16.5. The number of unbranched alkanes of at least 4 members (excludes halogenated alkanes) is 1. The number of aliphatic hydroxyl groups excluding tert-OH is 1. The van der Waals surface area contributed by atoms with E-state index < -0.39 is 6.10 Å². The minimum Gasteiger partial charge on any atom is -0.489 e. The monoisotopic (exact) mass is 251 g/mol. The molecule has 1 unspecified atom stereocenters. The third-order valence-corrected chi connectivity index (χ3v) is 2.50. The van der Waals surface area contributed by atoms with Crippen molar-refractivity contribution >= 4 is 12.0 Å². The number of hydrogen-bond acceptors (Lipinski definition) is 4. The van der Waals surface area contributed by atoms with Gasteiger partial charge in [0.05, 0.1) is 11.8 Å². The van der Waals surface area contributed by atoms with Crippen LogP contribution >= 0.6 is 0 Å². The van der Waals surface area contributed by atoms with Gasteiger partial charge in [-0.2, -0.15) is 0 Å². The summed E-state index contributed by atoms with van der Waals surface area (Å²) in [7, 11) is 0. The summed E-state index contributed by atoms with van der Waals surface area (Å²) in [4.78, 5) is 11.0. The maximum absolute atomic E-state index is 11.0. The molecule has 0 fully saturated rings. The van der Waals surface area contributed by atoms with E-state index in [0.29, 0.717) is 17.0 Å². The Morgan fingerprint density at radius 3 is 2.89 bits per heavy atom. The van der Waals surface area contributed by atoms with E-state index in [4.69, 9.17) is 4.74 Å². The van der Waals surface area contributed by atoms with Gasteiger partial charge in [-0.25, -0.2) is 0 Å². The van der Waals surface area contributed by atoms with Crippen LogP contribution in [0.3, 0.4) is 0 Å². The average Bonchev–Trinajstić information content (AvgIpc) is 2.37. The molecule has 0 aromatic heterocycles. The quantitative estimate of drug-likeness (QED) is 0.550. The lowest BCUT2D eigenvalue weighted by Crippen LogP contribution is -2.14. The third-order valence-electron chi connectivity index (χ3n) is 2.50. The number of carbonyl (C=O) groups is 1. The van der Waals surface area contributed by atoms with E-state index in [1.54, 1.807) is 25.1 Å². The number of aldehydes is 1. The van der Waals surface area contributed by atoms with Crippen molar-refractivity contribution in [1.82, 2.24) is 0 Å². The van der Waals surface area contributed by atoms with Crippen molar-refractivity contribution in [2.24, 2.45) is 0 Å². The van der Waals surface area contributed by atoms with Crippen LogP contribution in [0.1, 0.15) is 37.0 Å². The number of rotatable bonds is 8. The molecule has 2 N–H and O–H groups in total. The molecular weight excluding hydrogens is 230 g/mol. The van der Waals surface area contributed by atoms with Crippen LogP contribution in [0.5, 0.6) is 5.75 Å². The standard InChI is InChI=1S/C14H21NO3/c1-3-4-8-15-14-12(9-16)6-5-7-13(14)18-10-11(2)17/h5-7,9,11,15,17H,3-4,8,10H2,1-2H3. The molecular formula is C14H21NO3. The van der Waals surface area contributed by atoms with Crippen LogP contribution in [-0.4, -0.2) is 30.6 Å². The van der Waals surface area contributed by atoms with E-state index in [1.807, 2.05) is 0 Å². The van der Waals surface area contributed by atoms with Gasteiger partial charge >= 0.3 is 0 Å². The van der Waals surface area contributed by atoms with Gasteiger partial charge in [-0.05, 0) is 25.5 Å². The number of aliphatic hydroxyl groups is 1. The van der Waals surface area contributed by atoms with Crippen molar-refractivity contribution in [3.8, 4) is 5.75 Å². The van der Waals surface area contributed by atoms with E-state index in [2.05, 4.69) is 12.2 Å². The Morgan fingerprint density at radius 2 is 2.28 bits per heavy atom. The van der Waals surface area contributed by atoms with Crippen LogP contribution in [-0.2, 0) is 0 Å². The van der Waals surface area contributed by atoms with E-state index in [-0.39, 0.29) is 6.61 Å². The van der Waals surface area contributed by atoms with Crippen LogP contribution in [0.2, 0.25) is 0 Å². The van der Waals surface area contributed by atoms with Gasteiger partial charge in [0.25, 0.3) is 0 Å². The summed E-state index contributed by atoms with van der Waals surface area (Å²) < 4.78 is 5.50. The molecule has 1 aromatic rings. The molecule has 1 aromatic carbocycles. The van der Waals surface area contributed by atoms with Crippen molar-refractivity contribution < 1.29 is 14.6 Å². The van der Waals surface area contributed by atoms with Gasteiger partial charge in [0.1, 0.15) is 12.4 Å². The van der Waals surface area contributed by atoms with Gasteiger partial charge in [0, 0.05) is 12.1 Å². The second kappa shape index (κ2) is 7.71. The second-order valence-electron chi connectivity index (χ2n) is 4.28. The Balaban J connectivity index is 2.82. The summed E-state index contributed by atoms with van der Waals surface area (Å²) in [5.74, 6) is 0.608. The number of ether oxygens (including phenoxy) is 1. The van der Waals surface area contributed by atoms with Gasteiger partial charge in [-0.1, -0.05) is 19.4 Å². The zero-order chi connectivity index (χ0) is 13.4. The number of anilines is 1. The molecule has 0 saturated carbocycles. The number of para-hydroxylation sites is 1. The summed E-state index contributed by atoms with van der Waals surface area (Å²) in [5, 5.41) is 12.4. The maximum atomic E-state index is 11.0. The maximum Gasteiger partial charge on any atom is 0.152 e. The van der Waals surface area contributed by atoms with Gasteiger partial charge in [0.2, 0.25) is 0 Å². The summed E-state index contributed by atoms with van der Waals surface area (Å²) in [5.41, 5.74) is 1.29. The third kappa shape index (κ3) is 4.37. The molecule has 0 bridgehead atoms. The Labute approximate surface area is 108 Å². The number of nitrogens with one attached hydrogen (secondary N) is 1. The molecule has 0 amide bonds. The smallest absolute Gasteiger partial charge is 0.152 e. The van der Waals surface area contributed by atoms with Crippen LogP contribution in [0.4, 0.5) is 5.69 Å². The molecule has 1 rings (SSSR count). The first kappa shape index (κ1) is 14.5. The van der Waals surface area contributed by atoms with Crippen molar-refractivity contribution in [3.63, 3.8) is 0 Å². The highest BCUT2D eigenvalue weighted by molar-refractivity contribution is 5.86. The van der Waals surface area contributed by atoms with Gasteiger partial charge in [0.15, 0.2) is 6.29 Å². The van der Waals surface area contributed by atoms with Crippen LogP contribution < -0.4 is 10.1 Å². The predicted octanol–water partition coefficient (Wildman–Crippen LogP) is 2.47. The molecule has 0 spiro atoms. The average molecular weight is 251 g/mol. The highest BCUT2D eigenvalue weighted by Gasteiger charge is 2.09. The zero-order valence-electron chi connectivity index (χ0n) is 11.0. The highest BCUT2D eigenvalue weighted by Crippen LogP contribution is 2.27. The summed E-state index contributed by atoms with van der Waals surface area (Å²) in [6, 6.07) is 5.31. The fourth-order valence-corrected chi connectivity index (χ4v) is 1.56. The molecule has 0 aliphatic heterocycles. The Bertz CT molecular complexity index is 377. The van der Waals surface area contributed by atoms with Crippen molar-refractivity contribution in [3.05, 3.63) is 23.8 Å². The van der Waals surface area contributed by atoms with Crippen LogP contribution in [0.15, 0.2) is 18.2 Å². The minimum atomic E-state index is -0.534. The van der Waals surface area contributed by atoms with E-state index in [0.717, 1.165) is 25.7 Å². The predicted molar refractivity (Wildman–Crippen MR) is 72.4 cm³/mol. The van der Waals surface area contributed by atoms with Gasteiger partial charge in [-0.3, -0.25) is 4.79 Å². The largest absolute Gasteiger partial charge is 0.489 e. The molecule has 0 heterocycles. The number of carbonyl (C=O) groups excluding carboxylic acids is 1. The lowest BCUT2D eigenvalue weighted by atomic mass is 10.1. The fraction of sp³-hybridized carbons (Fsp3) is 0.500. The van der Waals surface area contributed by atoms with Crippen molar-refractivity contribution in [1.29, 1.82) is 0 Å². The Kier molecular flexibility index (Phi) is 6.22. The lowest BCUT2D eigenvalue weighted by Gasteiger charge is -2.15. The molecule has 0 saturated heterocycles. The first-order valence-corrected chi connectivity index (χ1v) is 6.32. The summed E-state index contributed by atoms with van der Waals surface area (Å²) in [6.45, 7) is 4.78.